The van der Waals surface area contributed by atoms with Gasteiger partial charge in [0.2, 0.25) is 0 Å². The minimum atomic E-state index is -0.308. The first-order valence-corrected chi connectivity index (χ1v) is 6.65. The van der Waals surface area contributed by atoms with Crippen LogP contribution in [0.5, 0.6) is 0 Å². The normalized spacial score (nSPS) is 13.6. The van der Waals surface area contributed by atoms with Crippen LogP contribution in [0.4, 0.5) is 4.39 Å². The summed E-state index contributed by atoms with van der Waals surface area (Å²) in [5.41, 5.74) is 2.71. The van der Waals surface area contributed by atoms with Gasteiger partial charge in [-0.05, 0) is 31.0 Å². The molecule has 0 amide bonds. The smallest absolute Gasteiger partial charge is 0.179 e. The monoisotopic (exact) mass is 267 g/mol. The van der Waals surface area contributed by atoms with Gasteiger partial charge in [0.15, 0.2) is 5.78 Å². The summed E-state index contributed by atoms with van der Waals surface area (Å²) in [6.07, 6.45) is 3.35. The number of hydrogen-bond acceptors (Lipinski definition) is 1. The predicted molar refractivity (Wildman–Crippen MR) is 75.1 cm³/mol. The highest BCUT2D eigenvalue weighted by Crippen LogP contribution is 2.18. The van der Waals surface area contributed by atoms with E-state index in [4.69, 9.17) is 0 Å². The van der Waals surface area contributed by atoms with Crippen LogP contribution in [0.25, 0.3) is 0 Å². The Morgan fingerprint density at radius 3 is 2.90 bits per heavy atom. The number of aromatic nitrogens is 1. The van der Waals surface area contributed by atoms with Gasteiger partial charge in [0.1, 0.15) is 5.82 Å². The molecule has 1 aliphatic heterocycles. The van der Waals surface area contributed by atoms with Gasteiger partial charge in [-0.25, -0.2) is 4.39 Å². The van der Waals surface area contributed by atoms with E-state index in [9.17, 15) is 9.18 Å². The molecule has 3 heteroatoms. The molecular weight excluding hydrogens is 253 g/mol. The molecule has 3 rings (SSSR count). The third-order valence-corrected chi connectivity index (χ3v) is 3.54. The number of halogens is 1. The van der Waals surface area contributed by atoms with Crippen LogP contribution in [-0.2, 0) is 6.54 Å². The van der Waals surface area contributed by atoms with Crippen LogP contribution in [0, 0.1) is 24.6 Å². The van der Waals surface area contributed by atoms with Crippen molar-refractivity contribution in [1.29, 1.82) is 0 Å². The van der Waals surface area contributed by atoms with Crippen LogP contribution >= 0.6 is 0 Å². The molecule has 0 bridgehead atoms. The molecule has 0 saturated carbocycles. The molecular formula is C17H14FNO. The summed E-state index contributed by atoms with van der Waals surface area (Å²) < 4.78 is 15.6. The van der Waals surface area contributed by atoms with Crippen molar-refractivity contribution < 1.29 is 9.18 Å². The Balaban J connectivity index is 1.97. The van der Waals surface area contributed by atoms with Crippen molar-refractivity contribution in [2.24, 2.45) is 0 Å². The van der Waals surface area contributed by atoms with Crippen LogP contribution in [0.15, 0.2) is 30.5 Å². The number of rotatable bonds is 0. The lowest BCUT2D eigenvalue weighted by Crippen LogP contribution is -2.14. The maximum Gasteiger partial charge on any atom is 0.179 e. The Kier molecular flexibility index (Phi) is 3.15. The number of Topliss-reactive ketones (excluding diaryl/α,β-unsaturated/α-hetero) is 1. The second-order valence-corrected chi connectivity index (χ2v) is 5.02. The van der Waals surface area contributed by atoms with Crippen molar-refractivity contribution in [3.05, 3.63) is 58.7 Å². The minimum absolute atomic E-state index is 0.159. The lowest BCUT2D eigenvalue weighted by atomic mass is 10.1. The zero-order chi connectivity index (χ0) is 14.1. The van der Waals surface area contributed by atoms with Gasteiger partial charge >= 0.3 is 0 Å². The van der Waals surface area contributed by atoms with Gasteiger partial charge in [-0.2, -0.15) is 0 Å². The third kappa shape index (κ3) is 2.25. The number of benzene rings is 1. The van der Waals surface area contributed by atoms with Crippen molar-refractivity contribution in [3.63, 3.8) is 0 Å². The molecule has 1 aromatic carbocycles. The lowest BCUT2D eigenvalue weighted by molar-refractivity contribution is 0.0955. The maximum atomic E-state index is 13.7. The Bertz CT molecular complexity index is 726. The van der Waals surface area contributed by atoms with Crippen molar-refractivity contribution >= 4 is 5.78 Å². The second kappa shape index (κ2) is 4.97. The van der Waals surface area contributed by atoms with E-state index >= 15 is 0 Å². The number of carbonyl (C=O) groups excluding carboxylic acids is 1. The van der Waals surface area contributed by atoms with E-state index < -0.39 is 0 Å². The highest BCUT2D eigenvalue weighted by Gasteiger charge is 2.17. The van der Waals surface area contributed by atoms with Crippen molar-refractivity contribution in [2.45, 2.75) is 26.3 Å². The van der Waals surface area contributed by atoms with E-state index in [2.05, 4.69) is 11.8 Å². The summed E-state index contributed by atoms with van der Waals surface area (Å²) in [6, 6.07) is 6.71. The van der Waals surface area contributed by atoms with Gasteiger partial charge in [0, 0.05) is 24.7 Å². The average Bonchev–Trinajstić information content (AvgIpc) is 2.83. The van der Waals surface area contributed by atoms with Crippen molar-refractivity contribution in [2.75, 3.05) is 0 Å². The van der Waals surface area contributed by atoms with E-state index in [0.717, 1.165) is 24.1 Å². The minimum Gasteiger partial charge on any atom is -0.344 e. The highest BCUT2D eigenvalue weighted by atomic mass is 19.1. The van der Waals surface area contributed by atoms with Crippen molar-refractivity contribution in [3.8, 4) is 11.8 Å². The molecule has 0 atom stereocenters. The SMILES string of the molecule is Cc1cccc(F)c1C#Cc1cc2n(c1)CCCC2=O. The van der Waals surface area contributed by atoms with E-state index in [0.29, 0.717) is 17.7 Å². The molecule has 2 aromatic rings. The van der Waals surface area contributed by atoms with Gasteiger partial charge in [-0.1, -0.05) is 24.0 Å². The number of nitrogens with zero attached hydrogens (tertiary/aromatic N) is 1. The summed E-state index contributed by atoms with van der Waals surface area (Å²) >= 11 is 0. The Morgan fingerprint density at radius 1 is 1.30 bits per heavy atom. The Morgan fingerprint density at radius 2 is 2.15 bits per heavy atom. The lowest BCUT2D eigenvalue weighted by Gasteiger charge is -2.12. The topological polar surface area (TPSA) is 22.0 Å². The van der Waals surface area contributed by atoms with E-state index in [1.54, 1.807) is 12.1 Å². The van der Waals surface area contributed by atoms with Crippen LogP contribution in [-0.4, -0.2) is 10.4 Å². The first-order valence-electron chi connectivity index (χ1n) is 6.65. The van der Waals surface area contributed by atoms with Gasteiger partial charge in [-0.3, -0.25) is 4.79 Å². The molecule has 1 aromatic heterocycles. The maximum absolute atomic E-state index is 13.7. The number of fused-ring (bicyclic) bond motifs is 1. The molecule has 0 N–H and O–H groups in total. The summed E-state index contributed by atoms with van der Waals surface area (Å²) in [5.74, 6) is 5.68. The molecule has 0 fully saturated rings. The van der Waals surface area contributed by atoms with Gasteiger partial charge in [0.05, 0.1) is 11.3 Å². The van der Waals surface area contributed by atoms with Crippen LogP contribution < -0.4 is 0 Å². The molecule has 20 heavy (non-hydrogen) atoms. The molecule has 100 valence electrons. The largest absolute Gasteiger partial charge is 0.344 e. The fourth-order valence-corrected chi connectivity index (χ4v) is 2.46. The fraction of sp³-hybridized carbons (Fsp3) is 0.235. The zero-order valence-corrected chi connectivity index (χ0v) is 11.2. The quantitative estimate of drug-likeness (QED) is 0.671. The fourth-order valence-electron chi connectivity index (χ4n) is 2.46. The van der Waals surface area contributed by atoms with Crippen LogP contribution in [0.2, 0.25) is 0 Å². The third-order valence-electron chi connectivity index (χ3n) is 3.54. The number of hydrogen-bond donors (Lipinski definition) is 0. The molecule has 0 spiro atoms. The van der Waals surface area contributed by atoms with Gasteiger partial charge < -0.3 is 4.57 Å². The first kappa shape index (κ1) is 12.7. The molecule has 2 nitrogen and oxygen atoms in total. The summed E-state index contributed by atoms with van der Waals surface area (Å²) in [7, 11) is 0. The molecule has 1 aliphatic rings. The average molecular weight is 267 g/mol. The van der Waals surface area contributed by atoms with Gasteiger partial charge in [0.25, 0.3) is 0 Å². The molecule has 0 radical (unpaired) electrons. The standard InChI is InChI=1S/C17H14FNO/c1-12-4-2-5-15(18)14(12)8-7-13-10-16-17(20)6-3-9-19(16)11-13/h2,4-5,10-11H,3,6,9H2,1H3. The Labute approximate surface area is 117 Å². The molecule has 0 saturated heterocycles. The van der Waals surface area contributed by atoms with Crippen LogP contribution in [0.3, 0.4) is 0 Å². The number of ketones is 1. The molecule has 0 unspecified atom stereocenters. The second-order valence-electron chi connectivity index (χ2n) is 5.02. The number of carbonyl (C=O) groups is 1. The highest BCUT2D eigenvalue weighted by molar-refractivity contribution is 5.95. The van der Waals surface area contributed by atoms with E-state index in [-0.39, 0.29) is 11.6 Å². The predicted octanol–water partition coefficient (Wildman–Crippen LogP) is 3.31. The molecule has 2 heterocycles. The van der Waals surface area contributed by atoms with Gasteiger partial charge in [-0.15, -0.1) is 0 Å². The van der Waals surface area contributed by atoms with Crippen LogP contribution in [0.1, 0.15) is 40.0 Å². The zero-order valence-electron chi connectivity index (χ0n) is 11.2. The van der Waals surface area contributed by atoms with E-state index in [1.807, 2.05) is 23.8 Å². The first-order chi connectivity index (χ1) is 9.65. The Hall–Kier alpha value is -2.34. The summed E-state index contributed by atoms with van der Waals surface area (Å²) in [5, 5.41) is 0. The number of aryl methyl sites for hydroxylation is 2. The summed E-state index contributed by atoms with van der Waals surface area (Å²) in [6.45, 7) is 2.68. The summed E-state index contributed by atoms with van der Waals surface area (Å²) in [4.78, 5) is 11.8. The van der Waals surface area contributed by atoms with E-state index in [1.165, 1.54) is 6.07 Å². The molecule has 0 aliphatic carbocycles. The van der Waals surface area contributed by atoms with Crippen molar-refractivity contribution in [1.82, 2.24) is 4.57 Å².